The van der Waals surface area contributed by atoms with E-state index >= 15 is 0 Å². The van der Waals surface area contributed by atoms with Crippen molar-refractivity contribution in [3.8, 4) is 0 Å². The zero-order valence-electron chi connectivity index (χ0n) is 14.2. The van der Waals surface area contributed by atoms with E-state index in [0.717, 1.165) is 5.92 Å². The molecule has 0 aromatic rings. The van der Waals surface area contributed by atoms with Crippen LogP contribution in [0.25, 0.3) is 0 Å². The highest BCUT2D eigenvalue weighted by Gasteiger charge is 2.71. The van der Waals surface area contributed by atoms with Gasteiger partial charge in [0.1, 0.15) is 0 Å². The molecule has 21 heavy (non-hydrogen) atoms. The molecule has 0 spiro atoms. The summed E-state index contributed by atoms with van der Waals surface area (Å²) in [4.78, 5) is 2.76. The monoisotopic (exact) mass is 294 g/mol. The van der Waals surface area contributed by atoms with Crippen molar-refractivity contribution in [3.63, 3.8) is 0 Å². The summed E-state index contributed by atoms with van der Waals surface area (Å²) in [7, 11) is 0. The summed E-state index contributed by atoms with van der Waals surface area (Å²) in [5.41, 5.74) is 6.93. The second kappa shape index (κ2) is 5.21. The maximum Gasteiger partial charge on any atom is 0.0489 e. The van der Waals surface area contributed by atoms with Crippen LogP contribution in [-0.2, 0) is 0 Å². The van der Waals surface area contributed by atoms with Crippen LogP contribution < -0.4 is 5.73 Å². The van der Waals surface area contributed by atoms with E-state index in [1.165, 1.54) is 51.6 Å². The number of hydrogen-bond acceptors (Lipinski definition) is 3. The molecule has 1 aliphatic heterocycles. The second-order valence-electron chi connectivity index (χ2n) is 8.58. The van der Waals surface area contributed by atoms with Crippen LogP contribution in [0.5, 0.6) is 0 Å². The van der Waals surface area contributed by atoms with Gasteiger partial charge in [0.25, 0.3) is 0 Å². The first-order valence-corrected chi connectivity index (χ1v) is 9.00. The molecule has 3 rings (SSSR count). The van der Waals surface area contributed by atoms with Gasteiger partial charge >= 0.3 is 0 Å². The van der Waals surface area contributed by atoms with Gasteiger partial charge < -0.3 is 10.8 Å². The van der Waals surface area contributed by atoms with Crippen molar-refractivity contribution in [2.24, 2.45) is 28.4 Å². The fraction of sp³-hybridized carbons (Fsp3) is 1.00. The van der Waals surface area contributed by atoms with Gasteiger partial charge in [-0.15, -0.1) is 0 Å². The van der Waals surface area contributed by atoms with Gasteiger partial charge in [0.15, 0.2) is 0 Å². The molecule has 0 radical (unpaired) electrons. The molecule has 3 fully saturated rings. The average Bonchev–Trinajstić information content (AvgIpc) is 2.81. The molecule has 3 nitrogen and oxygen atoms in total. The fourth-order valence-electron chi connectivity index (χ4n) is 6.40. The Morgan fingerprint density at radius 2 is 1.86 bits per heavy atom. The highest BCUT2D eigenvalue weighted by Crippen LogP contribution is 2.72. The van der Waals surface area contributed by atoms with Crippen LogP contribution in [0.4, 0.5) is 0 Å². The molecule has 0 unspecified atom stereocenters. The summed E-state index contributed by atoms with van der Waals surface area (Å²) < 4.78 is 0. The maximum absolute atomic E-state index is 10.1. The lowest BCUT2D eigenvalue weighted by atomic mass is 9.57. The quantitative estimate of drug-likeness (QED) is 0.838. The summed E-state index contributed by atoms with van der Waals surface area (Å²) in [5, 5.41) is 10.1. The highest BCUT2D eigenvalue weighted by atomic mass is 16.3. The van der Waals surface area contributed by atoms with Gasteiger partial charge in [-0.25, -0.2) is 0 Å². The molecule has 0 aromatic carbocycles. The lowest BCUT2D eigenvalue weighted by molar-refractivity contribution is -0.101. The van der Waals surface area contributed by atoms with E-state index in [1.54, 1.807) is 0 Å². The maximum atomic E-state index is 10.1. The van der Waals surface area contributed by atoms with E-state index in [-0.39, 0.29) is 23.5 Å². The molecular formula is C18H34N2O. The van der Waals surface area contributed by atoms with Gasteiger partial charge in [-0.2, -0.15) is 0 Å². The summed E-state index contributed by atoms with van der Waals surface area (Å²) in [6.07, 6.45) is 7.90. The molecular weight excluding hydrogens is 260 g/mol. The first-order chi connectivity index (χ1) is 9.94. The van der Waals surface area contributed by atoms with Gasteiger partial charge in [0.2, 0.25) is 0 Å². The SMILES string of the molecule is CC1(C)[C@H]2CC[C@]1(C)[C@@]([C@@H](CN)CO)(N1CCCCC1)C2. The number of aliphatic hydroxyl groups is 1. The fourth-order valence-corrected chi connectivity index (χ4v) is 6.40. The molecule has 0 amide bonds. The molecule has 0 aromatic heterocycles. The number of rotatable bonds is 4. The number of hydrogen-bond donors (Lipinski definition) is 2. The predicted octanol–water partition coefficient (Wildman–Crippen LogP) is 2.62. The van der Waals surface area contributed by atoms with Crippen LogP contribution >= 0.6 is 0 Å². The van der Waals surface area contributed by atoms with Gasteiger partial charge in [-0.1, -0.05) is 27.2 Å². The molecule has 2 aliphatic carbocycles. The topological polar surface area (TPSA) is 49.5 Å². The van der Waals surface area contributed by atoms with E-state index in [1.807, 2.05) is 0 Å². The number of nitrogens with two attached hydrogens (primary N) is 1. The van der Waals surface area contributed by atoms with E-state index < -0.39 is 0 Å². The average molecular weight is 294 g/mol. The summed E-state index contributed by atoms with van der Waals surface area (Å²) in [6, 6.07) is 0. The van der Waals surface area contributed by atoms with E-state index in [9.17, 15) is 5.11 Å². The molecule has 3 heteroatoms. The van der Waals surface area contributed by atoms with Crippen LogP contribution in [0.2, 0.25) is 0 Å². The number of aliphatic hydroxyl groups excluding tert-OH is 1. The van der Waals surface area contributed by atoms with Crippen molar-refractivity contribution in [1.29, 1.82) is 0 Å². The summed E-state index contributed by atoms with van der Waals surface area (Å²) >= 11 is 0. The van der Waals surface area contributed by atoms with E-state index in [4.69, 9.17) is 5.73 Å². The largest absolute Gasteiger partial charge is 0.396 e. The molecule has 2 saturated carbocycles. The Morgan fingerprint density at radius 3 is 2.29 bits per heavy atom. The minimum Gasteiger partial charge on any atom is -0.396 e. The lowest BCUT2D eigenvalue weighted by Crippen LogP contribution is -2.66. The molecule has 2 bridgehead atoms. The Hall–Kier alpha value is -0.120. The minimum atomic E-state index is 0.128. The molecule has 3 aliphatic rings. The first kappa shape index (κ1) is 15.8. The Kier molecular flexibility index (Phi) is 3.91. The van der Waals surface area contributed by atoms with Gasteiger partial charge in [0, 0.05) is 18.1 Å². The van der Waals surface area contributed by atoms with Gasteiger partial charge in [-0.05, 0) is 68.5 Å². The highest BCUT2D eigenvalue weighted by molar-refractivity contribution is 5.23. The van der Waals surface area contributed by atoms with Crippen molar-refractivity contribution in [2.75, 3.05) is 26.2 Å². The smallest absolute Gasteiger partial charge is 0.0489 e. The first-order valence-electron chi connectivity index (χ1n) is 9.00. The standard InChI is InChI=1S/C18H34N2O/c1-16(2)14-7-8-17(16,3)18(11-14,15(12-19)13-21)20-9-5-4-6-10-20/h14-15,21H,4-13,19H2,1-3H3/t14-,15-,17-,18+/m0/s1. The van der Waals surface area contributed by atoms with Crippen LogP contribution in [-0.4, -0.2) is 41.8 Å². The van der Waals surface area contributed by atoms with Gasteiger partial charge in [-0.3, -0.25) is 4.90 Å². The molecule has 1 heterocycles. The van der Waals surface area contributed by atoms with Crippen molar-refractivity contribution in [2.45, 2.75) is 64.8 Å². The van der Waals surface area contributed by atoms with Crippen LogP contribution in [0.1, 0.15) is 59.3 Å². The predicted molar refractivity (Wildman–Crippen MR) is 87.0 cm³/mol. The molecule has 3 N–H and O–H groups in total. The van der Waals surface area contributed by atoms with Crippen molar-refractivity contribution in [3.05, 3.63) is 0 Å². The third kappa shape index (κ3) is 1.83. The zero-order chi connectivity index (χ0) is 15.3. The molecule has 1 saturated heterocycles. The van der Waals surface area contributed by atoms with Crippen LogP contribution in [0, 0.1) is 22.7 Å². The molecule has 122 valence electrons. The minimum absolute atomic E-state index is 0.128. The Balaban J connectivity index is 2.06. The number of fused-ring (bicyclic) bond motifs is 2. The second-order valence-corrected chi connectivity index (χ2v) is 8.58. The third-order valence-electron chi connectivity index (χ3n) is 8.05. The Bertz CT molecular complexity index is 387. The third-order valence-corrected chi connectivity index (χ3v) is 8.05. The molecule has 4 atom stereocenters. The normalized spacial score (nSPS) is 44.1. The Labute approximate surface area is 130 Å². The van der Waals surface area contributed by atoms with Crippen LogP contribution in [0.15, 0.2) is 0 Å². The summed E-state index contributed by atoms with van der Waals surface area (Å²) in [5.74, 6) is 1.02. The number of piperidine rings is 1. The zero-order valence-corrected chi connectivity index (χ0v) is 14.2. The lowest BCUT2D eigenvalue weighted by Gasteiger charge is -2.59. The van der Waals surface area contributed by atoms with E-state index in [0.29, 0.717) is 12.0 Å². The summed E-state index contributed by atoms with van der Waals surface area (Å²) in [6.45, 7) is 10.7. The van der Waals surface area contributed by atoms with Crippen molar-refractivity contribution >= 4 is 0 Å². The van der Waals surface area contributed by atoms with Crippen molar-refractivity contribution in [1.82, 2.24) is 4.90 Å². The van der Waals surface area contributed by atoms with Crippen molar-refractivity contribution < 1.29 is 5.11 Å². The van der Waals surface area contributed by atoms with Crippen LogP contribution in [0.3, 0.4) is 0 Å². The number of nitrogens with zero attached hydrogens (tertiary/aromatic N) is 1. The van der Waals surface area contributed by atoms with E-state index in [2.05, 4.69) is 25.7 Å². The Morgan fingerprint density at radius 1 is 1.19 bits per heavy atom. The number of likely N-dealkylation sites (tertiary alicyclic amines) is 1. The van der Waals surface area contributed by atoms with Gasteiger partial charge in [0.05, 0.1) is 0 Å².